The molecule has 0 bridgehead atoms. The molecule has 0 saturated heterocycles. The van der Waals surface area contributed by atoms with Gasteiger partial charge in [0, 0.05) is 5.39 Å². The van der Waals surface area contributed by atoms with E-state index in [1.54, 1.807) is 16.9 Å². The molecule has 0 aliphatic heterocycles. The summed E-state index contributed by atoms with van der Waals surface area (Å²) in [6, 6.07) is 10.5. The maximum Gasteiger partial charge on any atom is 0.124 e. The summed E-state index contributed by atoms with van der Waals surface area (Å²) in [6.07, 6.45) is 4.63. The van der Waals surface area contributed by atoms with Gasteiger partial charge < -0.3 is 5.11 Å². The molecule has 0 aliphatic rings. The van der Waals surface area contributed by atoms with Crippen molar-refractivity contribution in [3.05, 3.63) is 64.6 Å². The molecular formula is C19H18ClFN2O. The fourth-order valence-electron chi connectivity index (χ4n) is 2.79. The number of hydrogen-bond donors (Lipinski definition) is 1. The highest BCUT2D eigenvalue weighted by atomic mass is 35.5. The van der Waals surface area contributed by atoms with Crippen molar-refractivity contribution in [3.63, 3.8) is 0 Å². The van der Waals surface area contributed by atoms with Crippen LogP contribution in [0.4, 0.5) is 4.39 Å². The molecule has 0 unspecified atom stereocenters. The summed E-state index contributed by atoms with van der Waals surface area (Å²) in [5, 5.41) is 14.8. The third kappa shape index (κ3) is 3.35. The Labute approximate surface area is 145 Å². The van der Waals surface area contributed by atoms with Gasteiger partial charge in [0.05, 0.1) is 29.9 Å². The number of halogens is 2. The van der Waals surface area contributed by atoms with Crippen LogP contribution in [0.1, 0.15) is 24.5 Å². The first kappa shape index (κ1) is 16.7. The van der Waals surface area contributed by atoms with E-state index < -0.39 is 0 Å². The highest BCUT2D eigenvalue weighted by molar-refractivity contribution is 6.32. The Kier molecular flexibility index (Phi) is 4.97. The van der Waals surface area contributed by atoms with Crippen molar-refractivity contribution in [3.8, 4) is 0 Å². The second kappa shape index (κ2) is 7.16. The molecule has 1 heterocycles. The largest absolute Gasteiger partial charge is 0.394 e. The number of aliphatic hydroxyl groups is 1. The van der Waals surface area contributed by atoms with Gasteiger partial charge in [-0.1, -0.05) is 36.7 Å². The van der Waals surface area contributed by atoms with E-state index >= 15 is 0 Å². The van der Waals surface area contributed by atoms with Crippen molar-refractivity contribution in [2.75, 3.05) is 6.61 Å². The second-order valence-electron chi connectivity index (χ2n) is 5.56. The van der Waals surface area contributed by atoms with Crippen LogP contribution in [0.2, 0.25) is 5.02 Å². The van der Waals surface area contributed by atoms with Crippen LogP contribution in [-0.4, -0.2) is 21.5 Å². The second-order valence-corrected chi connectivity index (χ2v) is 5.96. The molecule has 1 N–H and O–H groups in total. The maximum absolute atomic E-state index is 13.3. The maximum atomic E-state index is 13.3. The van der Waals surface area contributed by atoms with Gasteiger partial charge >= 0.3 is 0 Å². The zero-order chi connectivity index (χ0) is 17.1. The number of fused-ring (bicyclic) bond motifs is 1. The van der Waals surface area contributed by atoms with Crippen LogP contribution >= 0.6 is 11.6 Å². The molecule has 0 atom stereocenters. The Morgan fingerprint density at radius 1 is 1.29 bits per heavy atom. The van der Waals surface area contributed by atoms with Gasteiger partial charge in [-0.25, -0.2) is 4.39 Å². The minimum Gasteiger partial charge on any atom is -0.394 e. The number of nitrogens with zero attached hydrogens (tertiary/aromatic N) is 2. The molecule has 0 radical (unpaired) electrons. The molecule has 2 aromatic carbocycles. The highest BCUT2D eigenvalue weighted by Gasteiger charge is 2.08. The molecule has 1 aromatic heterocycles. The van der Waals surface area contributed by atoms with E-state index in [4.69, 9.17) is 16.7 Å². The highest BCUT2D eigenvalue weighted by Crippen LogP contribution is 2.29. The number of hydrogen-bond acceptors (Lipinski definition) is 2. The number of aromatic nitrogens is 2. The van der Waals surface area contributed by atoms with Gasteiger partial charge in [0.25, 0.3) is 0 Å². The predicted molar refractivity (Wildman–Crippen MR) is 96.4 cm³/mol. The third-order valence-corrected chi connectivity index (χ3v) is 4.29. The molecule has 0 fully saturated rings. The summed E-state index contributed by atoms with van der Waals surface area (Å²) in [5.74, 6) is -0.336. The Hall–Kier alpha value is -2.17. The summed E-state index contributed by atoms with van der Waals surface area (Å²) in [4.78, 5) is 0. The minimum atomic E-state index is -0.336. The third-order valence-electron chi connectivity index (χ3n) is 3.98. The average Bonchev–Trinajstić information content (AvgIpc) is 2.96. The van der Waals surface area contributed by atoms with Gasteiger partial charge in [-0.05, 0) is 47.4 Å². The molecule has 3 nitrogen and oxygen atoms in total. The fourth-order valence-corrected chi connectivity index (χ4v) is 3.08. The predicted octanol–water partition coefficient (Wildman–Crippen LogP) is 4.77. The summed E-state index contributed by atoms with van der Waals surface area (Å²) in [6.45, 7) is 2.58. The lowest BCUT2D eigenvalue weighted by Crippen LogP contribution is -2.02. The van der Waals surface area contributed by atoms with Crippen molar-refractivity contribution in [2.24, 2.45) is 0 Å². The average molecular weight is 345 g/mol. The standard InChI is InChI=1S/C19H18ClFN2O/c1-2-14(17-5-4-16(21)11-18(17)20)9-13-3-6-19-15(10-13)12-22-23(19)7-8-24/h3-6,9-12,24H,2,7-8H2,1H3/b14-9+. The van der Waals surface area contributed by atoms with Crippen LogP contribution in [0.5, 0.6) is 0 Å². The lowest BCUT2D eigenvalue weighted by Gasteiger charge is -2.08. The Morgan fingerprint density at radius 2 is 2.12 bits per heavy atom. The molecule has 3 aromatic rings. The van der Waals surface area contributed by atoms with Crippen molar-refractivity contribution in [1.82, 2.24) is 9.78 Å². The van der Waals surface area contributed by atoms with E-state index in [0.717, 1.165) is 34.0 Å². The lowest BCUT2D eigenvalue weighted by atomic mass is 10.00. The monoisotopic (exact) mass is 344 g/mol. The zero-order valence-corrected chi connectivity index (χ0v) is 14.1. The van der Waals surface area contributed by atoms with Crippen LogP contribution < -0.4 is 0 Å². The number of aliphatic hydroxyl groups excluding tert-OH is 1. The lowest BCUT2D eigenvalue weighted by molar-refractivity contribution is 0.271. The first-order chi connectivity index (χ1) is 11.6. The fraction of sp³-hybridized carbons (Fsp3) is 0.211. The van der Waals surface area contributed by atoms with Crippen LogP contribution in [0, 0.1) is 5.82 Å². The van der Waals surface area contributed by atoms with Gasteiger partial charge in [-0.2, -0.15) is 5.10 Å². The summed E-state index contributed by atoms with van der Waals surface area (Å²) >= 11 is 6.18. The minimum absolute atomic E-state index is 0.0570. The van der Waals surface area contributed by atoms with Gasteiger partial charge in [0.15, 0.2) is 0 Å². The van der Waals surface area contributed by atoms with Gasteiger partial charge in [-0.3, -0.25) is 4.68 Å². The van der Waals surface area contributed by atoms with E-state index in [-0.39, 0.29) is 12.4 Å². The summed E-state index contributed by atoms with van der Waals surface area (Å²) < 4.78 is 15.0. The molecule has 124 valence electrons. The molecular weight excluding hydrogens is 327 g/mol. The Morgan fingerprint density at radius 3 is 2.83 bits per heavy atom. The van der Waals surface area contributed by atoms with Gasteiger partial charge in [0.2, 0.25) is 0 Å². The zero-order valence-electron chi connectivity index (χ0n) is 13.3. The molecule has 5 heteroatoms. The van der Waals surface area contributed by atoms with Crippen molar-refractivity contribution in [2.45, 2.75) is 19.9 Å². The molecule has 0 saturated carbocycles. The van der Waals surface area contributed by atoms with Crippen molar-refractivity contribution >= 4 is 34.2 Å². The first-order valence-corrected chi connectivity index (χ1v) is 8.22. The smallest absolute Gasteiger partial charge is 0.124 e. The Bertz CT molecular complexity index is 902. The Balaban J connectivity index is 2.00. The van der Waals surface area contributed by atoms with Crippen LogP contribution in [0.3, 0.4) is 0 Å². The van der Waals surface area contributed by atoms with Crippen LogP contribution in [-0.2, 0) is 6.54 Å². The number of allylic oxidation sites excluding steroid dienone is 1. The summed E-state index contributed by atoms with van der Waals surface area (Å²) in [5.41, 5.74) is 3.90. The number of rotatable bonds is 5. The normalized spacial score (nSPS) is 12.1. The van der Waals surface area contributed by atoms with E-state index in [0.29, 0.717) is 11.6 Å². The van der Waals surface area contributed by atoms with E-state index in [1.807, 2.05) is 25.1 Å². The van der Waals surface area contributed by atoms with Gasteiger partial charge in [-0.15, -0.1) is 0 Å². The quantitative estimate of drug-likeness (QED) is 0.677. The summed E-state index contributed by atoms with van der Waals surface area (Å²) in [7, 11) is 0. The molecule has 0 amide bonds. The van der Waals surface area contributed by atoms with Crippen molar-refractivity contribution < 1.29 is 9.50 Å². The molecule has 0 aliphatic carbocycles. The van der Waals surface area contributed by atoms with E-state index in [2.05, 4.69) is 11.2 Å². The van der Waals surface area contributed by atoms with Crippen LogP contribution in [0.15, 0.2) is 42.6 Å². The molecule has 0 spiro atoms. The number of benzene rings is 2. The molecule has 3 rings (SSSR count). The topological polar surface area (TPSA) is 38.0 Å². The first-order valence-electron chi connectivity index (χ1n) is 7.84. The van der Waals surface area contributed by atoms with Gasteiger partial charge in [0.1, 0.15) is 5.82 Å². The van der Waals surface area contributed by atoms with Crippen molar-refractivity contribution in [1.29, 1.82) is 0 Å². The molecule has 24 heavy (non-hydrogen) atoms. The van der Waals surface area contributed by atoms with E-state index in [9.17, 15) is 4.39 Å². The van der Waals surface area contributed by atoms with E-state index in [1.165, 1.54) is 12.1 Å². The van der Waals surface area contributed by atoms with Crippen LogP contribution in [0.25, 0.3) is 22.6 Å². The SMILES string of the molecule is CC/C(=C\c1ccc2c(cnn2CCO)c1)c1ccc(F)cc1Cl.